The largest absolute Gasteiger partial charge is 0.502 e. The average Bonchev–Trinajstić information content (AvgIpc) is 2.59. The van der Waals surface area contributed by atoms with Gasteiger partial charge < -0.3 is 9.84 Å². The van der Waals surface area contributed by atoms with E-state index < -0.39 is 22.8 Å². The van der Waals surface area contributed by atoms with Crippen molar-refractivity contribution in [1.82, 2.24) is 0 Å². The zero-order chi connectivity index (χ0) is 11.7. The molecule has 0 amide bonds. The Morgan fingerprint density at radius 3 is 2.62 bits per heavy atom. The summed E-state index contributed by atoms with van der Waals surface area (Å²) in [6.07, 6.45) is 0.249. The van der Waals surface area contributed by atoms with E-state index in [4.69, 9.17) is 9.84 Å². The lowest BCUT2D eigenvalue weighted by Crippen LogP contribution is -2.04. The summed E-state index contributed by atoms with van der Waals surface area (Å²) in [4.78, 5) is 21.1. The summed E-state index contributed by atoms with van der Waals surface area (Å²) >= 11 is 0. The van der Waals surface area contributed by atoms with Gasteiger partial charge in [0.2, 0.25) is 5.76 Å². The molecule has 1 aromatic rings. The summed E-state index contributed by atoms with van der Waals surface area (Å²) in [6, 6.07) is 5.90. The van der Waals surface area contributed by atoms with Crippen LogP contribution in [0.4, 0.5) is 5.69 Å². The van der Waals surface area contributed by atoms with Crippen molar-refractivity contribution in [3.05, 3.63) is 51.8 Å². The number of ether oxygens (including phenoxy) is 1. The van der Waals surface area contributed by atoms with E-state index in [1.54, 1.807) is 6.07 Å². The van der Waals surface area contributed by atoms with Crippen molar-refractivity contribution in [3.63, 3.8) is 0 Å². The second kappa shape index (κ2) is 3.65. The number of hydrogen-bond acceptors (Lipinski definition) is 5. The molecule has 1 aliphatic heterocycles. The highest BCUT2D eigenvalue weighted by Gasteiger charge is 2.30. The third kappa shape index (κ3) is 1.60. The molecule has 0 bridgehead atoms. The third-order valence-electron chi connectivity index (χ3n) is 2.19. The molecular formula is C10H7NO5. The van der Waals surface area contributed by atoms with E-state index in [0.717, 1.165) is 6.08 Å². The molecule has 0 aromatic heterocycles. The van der Waals surface area contributed by atoms with E-state index in [9.17, 15) is 14.9 Å². The monoisotopic (exact) mass is 221 g/mol. The second-order valence-electron chi connectivity index (χ2n) is 3.19. The molecule has 0 fully saturated rings. The van der Waals surface area contributed by atoms with Gasteiger partial charge in [-0.05, 0) is 6.07 Å². The van der Waals surface area contributed by atoms with Crippen molar-refractivity contribution in [2.75, 3.05) is 0 Å². The normalized spacial score (nSPS) is 19.1. The van der Waals surface area contributed by atoms with Gasteiger partial charge in [0, 0.05) is 12.1 Å². The van der Waals surface area contributed by atoms with Crippen LogP contribution in [-0.4, -0.2) is 16.0 Å². The Morgan fingerprint density at radius 1 is 1.38 bits per heavy atom. The molecule has 6 nitrogen and oxygen atoms in total. The number of para-hydroxylation sites is 1. The Hall–Kier alpha value is -2.37. The number of cyclic esters (lactones) is 1. The van der Waals surface area contributed by atoms with Crippen molar-refractivity contribution < 1.29 is 19.6 Å². The summed E-state index contributed by atoms with van der Waals surface area (Å²) < 4.78 is 4.76. The zero-order valence-corrected chi connectivity index (χ0v) is 7.99. The van der Waals surface area contributed by atoms with E-state index in [-0.39, 0.29) is 11.3 Å². The van der Waals surface area contributed by atoms with Crippen LogP contribution in [0.15, 0.2) is 36.1 Å². The van der Waals surface area contributed by atoms with Gasteiger partial charge in [-0.1, -0.05) is 12.1 Å². The van der Waals surface area contributed by atoms with Crippen molar-refractivity contribution in [2.24, 2.45) is 0 Å². The Labute approximate surface area is 89.9 Å². The van der Waals surface area contributed by atoms with Gasteiger partial charge in [0.25, 0.3) is 5.69 Å². The Bertz CT molecular complexity index is 494. The van der Waals surface area contributed by atoms with Crippen LogP contribution in [0.2, 0.25) is 0 Å². The number of aliphatic hydroxyl groups is 1. The standard InChI is InChI=1S/C10H7NO5/c12-8-5-9(16-10(8)13)6-3-1-2-4-7(6)11(14)15/h1-5,9,12H. The van der Waals surface area contributed by atoms with Gasteiger partial charge in [-0.25, -0.2) is 4.79 Å². The molecule has 0 saturated heterocycles. The van der Waals surface area contributed by atoms with Gasteiger partial charge in [-0.15, -0.1) is 0 Å². The highest BCUT2D eigenvalue weighted by atomic mass is 16.6. The first-order chi connectivity index (χ1) is 7.59. The maximum Gasteiger partial charge on any atom is 0.374 e. The van der Waals surface area contributed by atoms with Gasteiger partial charge in [-0.3, -0.25) is 10.1 Å². The average molecular weight is 221 g/mol. The molecule has 0 spiro atoms. The fraction of sp³-hybridized carbons (Fsp3) is 0.100. The molecule has 16 heavy (non-hydrogen) atoms. The first-order valence-corrected chi connectivity index (χ1v) is 4.44. The van der Waals surface area contributed by atoms with Gasteiger partial charge in [0.1, 0.15) is 0 Å². The Kier molecular flexibility index (Phi) is 2.32. The molecule has 1 atom stereocenters. The molecule has 1 aliphatic rings. The quantitative estimate of drug-likeness (QED) is 0.465. The number of nitro benzene ring substituents is 1. The molecule has 1 unspecified atom stereocenters. The predicted octanol–water partition coefficient (Wildman–Crippen LogP) is 1.63. The number of benzene rings is 1. The fourth-order valence-corrected chi connectivity index (χ4v) is 1.47. The van der Waals surface area contributed by atoms with Gasteiger partial charge in [-0.2, -0.15) is 0 Å². The smallest absolute Gasteiger partial charge is 0.374 e. The van der Waals surface area contributed by atoms with Gasteiger partial charge in [0.15, 0.2) is 6.10 Å². The van der Waals surface area contributed by atoms with Crippen molar-refractivity contribution in [2.45, 2.75) is 6.10 Å². The van der Waals surface area contributed by atoms with Crippen LogP contribution in [0.5, 0.6) is 0 Å². The van der Waals surface area contributed by atoms with E-state index >= 15 is 0 Å². The minimum atomic E-state index is -0.894. The first kappa shape index (κ1) is 10.2. The maximum atomic E-state index is 10.9. The highest BCUT2D eigenvalue weighted by molar-refractivity contribution is 5.88. The van der Waals surface area contributed by atoms with Crippen LogP contribution < -0.4 is 0 Å². The van der Waals surface area contributed by atoms with Crippen LogP contribution in [0.1, 0.15) is 11.7 Å². The maximum absolute atomic E-state index is 10.9. The predicted molar refractivity (Wildman–Crippen MR) is 52.6 cm³/mol. The molecule has 82 valence electrons. The number of esters is 1. The van der Waals surface area contributed by atoms with Crippen molar-refractivity contribution in [1.29, 1.82) is 0 Å². The Balaban J connectivity index is 2.42. The summed E-state index contributed by atoms with van der Waals surface area (Å²) in [5.74, 6) is -1.40. The molecule has 1 aromatic carbocycles. The molecule has 0 radical (unpaired) electrons. The third-order valence-corrected chi connectivity index (χ3v) is 2.19. The summed E-state index contributed by atoms with van der Waals surface area (Å²) in [5, 5.41) is 19.8. The number of hydrogen-bond donors (Lipinski definition) is 1. The van der Waals surface area contributed by atoms with E-state index in [2.05, 4.69) is 0 Å². The topological polar surface area (TPSA) is 89.7 Å². The molecule has 0 saturated carbocycles. The minimum Gasteiger partial charge on any atom is -0.502 e. The first-order valence-electron chi connectivity index (χ1n) is 4.44. The molecule has 6 heteroatoms. The van der Waals surface area contributed by atoms with E-state index in [1.165, 1.54) is 18.2 Å². The number of aliphatic hydroxyl groups excluding tert-OH is 1. The van der Waals surface area contributed by atoms with Crippen LogP contribution in [0.3, 0.4) is 0 Å². The molecule has 0 aliphatic carbocycles. The molecular weight excluding hydrogens is 214 g/mol. The SMILES string of the molecule is O=C1OC(c2ccccc2[N+](=O)[O-])C=C1O. The highest BCUT2D eigenvalue weighted by Crippen LogP contribution is 2.32. The van der Waals surface area contributed by atoms with Crippen molar-refractivity contribution in [3.8, 4) is 0 Å². The summed E-state index contributed by atoms with van der Waals surface area (Å²) in [5.41, 5.74) is 0.0937. The second-order valence-corrected chi connectivity index (χ2v) is 3.19. The number of nitro groups is 1. The van der Waals surface area contributed by atoms with Crippen LogP contribution >= 0.6 is 0 Å². The lowest BCUT2D eigenvalue weighted by Gasteiger charge is -2.07. The van der Waals surface area contributed by atoms with Crippen LogP contribution in [0.25, 0.3) is 0 Å². The number of nitrogens with zero attached hydrogens (tertiary/aromatic N) is 1. The zero-order valence-electron chi connectivity index (χ0n) is 7.99. The van der Waals surface area contributed by atoms with Crippen molar-refractivity contribution >= 4 is 11.7 Å². The number of rotatable bonds is 2. The molecule has 2 rings (SSSR count). The van der Waals surface area contributed by atoms with E-state index in [1.807, 2.05) is 0 Å². The Morgan fingerprint density at radius 2 is 2.06 bits per heavy atom. The summed E-state index contributed by atoms with van der Waals surface area (Å²) in [6.45, 7) is 0. The fourth-order valence-electron chi connectivity index (χ4n) is 1.47. The lowest BCUT2D eigenvalue weighted by molar-refractivity contribution is -0.386. The summed E-state index contributed by atoms with van der Waals surface area (Å²) in [7, 11) is 0. The van der Waals surface area contributed by atoms with Crippen LogP contribution in [-0.2, 0) is 9.53 Å². The van der Waals surface area contributed by atoms with Crippen LogP contribution in [0, 0.1) is 10.1 Å². The number of carbonyl (C=O) groups is 1. The minimum absolute atomic E-state index is 0.147. The molecule has 1 heterocycles. The lowest BCUT2D eigenvalue weighted by atomic mass is 10.1. The molecule has 1 N–H and O–H groups in total. The van der Waals surface area contributed by atoms with Gasteiger partial charge >= 0.3 is 5.97 Å². The number of carbonyl (C=O) groups excluding carboxylic acids is 1. The van der Waals surface area contributed by atoms with E-state index in [0.29, 0.717) is 0 Å². The van der Waals surface area contributed by atoms with Gasteiger partial charge in [0.05, 0.1) is 10.5 Å².